The number of rotatable bonds is 5. The van der Waals surface area contributed by atoms with Crippen LogP contribution in [0.2, 0.25) is 0 Å². The van der Waals surface area contributed by atoms with Crippen LogP contribution in [0.3, 0.4) is 0 Å². The Morgan fingerprint density at radius 1 is 1.24 bits per heavy atom. The molecule has 0 aliphatic rings. The Bertz CT molecular complexity index is 712. The van der Waals surface area contributed by atoms with E-state index in [9.17, 15) is 0 Å². The molecule has 0 bridgehead atoms. The van der Waals surface area contributed by atoms with Gasteiger partial charge in [-0.25, -0.2) is 19.6 Å². The van der Waals surface area contributed by atoms with Crippen LogP contribution in [0.5, 0.6) is 5.88 Å². The Hall–Kier alpha value is -2.96. The number of anilines is 2. The highest BCUT2D eigenvalue weighted by Crippen LogP contribution is 2.17. The fourth-order valence-corrected chi connectivity index (χ4v) is 1.78. The molecular formula is C14H14N6O. The van der Waals surface area contributed by atoms with E-state index in [-0.39, 0.29) is 0 Å². The lowest BCUT2D eigenvalue weighted by Gasteiger charge is -2.05. The molecule has 0 atom stereocenters. The quantitative estimate of drug-likeness (QED) is 0.773. The third-order valence-electron chi connectivity index (χ3n) is 2.67. The van der Waals surface area contributed by atoms with Crippen molar-refractivity contribution in [3.63, 3.8) is 0 Å². The minimum Gasteiger partial charge on any atom is -0.478 e. The summed E-state index contributed by atoms with van der Waals surface area (Å²) in [5, 5.41) is 7.41. The molecular weight excluding hydrogens is 268 g/mol. The van der Waals surface area contributed by atoms with Gasteiger partial charge in [0.2, 0.25) is 5.88 Å². The van der Waals surface area contributed by atoms with Gasteiger partial charge < -0.3 is 10.1 Å². The van der Waals surface area contributed by atoms with E-state index in [0.29, 0.717) is 18.3 Å². The van der Waals surface area contributed by atoms with Crippen LogP contribution in [-0.4, -0.2) is 31.3 Å². The van der Waals surface area contributed by atoms with Gasteiger partial charge in [0.15, 0.2) is 5.82 Å². The van der Waals surface area contributed by atoms with E-state index in [1.165, 1.54) is 6.33 Å². The monoisotopic (exact) mass is 282 g/mol. The van der Waals surface area contributed by atoms with Crippen molar-refractivity contribution in [1.82, 2.24) is 24.7 Å². The van der Waals surface area contributed by atoms with Gasteiger partial charge in [-0.05, 0) is 19.1 Å². The summed E-state index contributed by atoms with van der Waals surface area (Å²) in [5.41, 5.74) is 0.807. The van der Waals surface area contributed by atoms with Gasteiger partial charge in [0.25, 0.3) is 0 Å². The zero-order chi connectivity index (χ0) is 14.5. The van der Waals surface area contributed by atoms with Crippen LogP contribution in [0.15, 0.2) is 49.2 Å². The van der Waals surface area contributed by atoms with Crippen molar-refractivity contribution in [2.24, 2.45) is 0 Å². The highest BCUT2D eigenvalue weighted by Gasteiger charge is 2.04. The summed E-state index contributed by atoms with van der Waals surface area (Å²) in [4.78, 5) is 12.4. The second-order valence-corrected chi connectivity index (χ2v) is 4.16. The van der Waals surface area contributed by atoms with Crippen molar-refractivity contribution in [3.8, 4) is 11.7 Å². The number of pyridine rings is 1. The summed E-state index contributed by atoms with van der Waals surface area (Å²) < 4.78 is 7.02. The summed E-state index contributed by atoms with van der Waals surface area (Å²) in [6, 6.07) is 7.40. The topological polar surface area (TPSA) is 77.8 Å². The summed E-state index contributed by atoms with van der Waals surface area (Å²) >= 11 is 0. The molecule has 0 fully saturated rings. The fraction of sp³-hybridized carbons (Fsp3) is 0.143. The number of hydrogen-bond donors (Lipinski definition) is 1. The minimum absolute atomic E-state index is 0.534. The van der Waals surface area contributed by atoms with Crippen LogP contribution in [0.1, 0.15) is 6.92 Å². The van der Waals surface area contributed by atoms with Gasteiger partial charge in [-0.2, -0.15) is 5.10 Å². The zero-order valence-corrected chi connectivity index (χ0v) is 11.5. The Labute approximate surface area is 121 Å². The van der Waals surface area contributed by atoms with E-state index in [0.717, 1.165) is 11.5 Å². The van der Waals surface area contributed by atoms with Crippen LogP contribution in [-0.2, 0) is 0 Å². The second kappa shape index (κ2) is 6.00. The van der Waals surface area contributed by atoms with Crippen LogP contribution >= 0.6 is 0 Å². The first kappa shape index (κ1) is 13.0. The summed E-state index contributed by atoms with van der Waals surface area (Å²) in [5.74, 6) is 1.93. The van der Waals surface area contributed by atoms with Gasteiger partial charge in [-0.1, -0.05) is 6.07 Å². The predicted octanol–water partition coefficient (Wildman–Crippen LogP) is 2.20. The molecule has 7 heteroatoms. The molecule has 3 heterocycles. The highest BCUT2D eigenvalue weighted by molar-refractivity contribution is 5.55. The average Bonchev–Trinajstić information content (AvgIpc) is 2.97. The molecule has 21 heavy (non-hydrogen) atoms. The van der Waals surface area contributed by atoms with Crippen LogP contribution in [0.25, 0.3) is 5.82 Å². The molecule has 0 aliphatic carbocycles. The maximum atomic E-state index is 5.34. The van der Waals surface area contributed by atoms with E-state index in [4.69, 9.17) is 4.74 Å². The Morgan fingerprint density at radius 3 is 3.00 bits per heavy atom. The van der Waals surface area contributed by atoms with E-state index >= 15 is 0 Å². The molecule has 7 nitrogen and oxygen atoms in total. The molecule has 0 radical (unpaired) electrons. The van der Waals surface area contributed by atoms with Crippen molar-refractivity contribution >= 4 is 11.5 Å². The first-order chi connectivity index (χ1) is 10.3. The number of nitrogens with one attached hydrogen (secondary N) is 1. The normalized spacial score (nSPS) is 10.3. The Kier molecular flexibility index (Phi) is 3.72. The number of hydrogen-bond acceptors (Lipinski definition) is 6. The van der Waals surface area contributed by atoms with Gasteiger partial charge >= 0.3 is 0 Å². The minimum atomic E-state index is 0.534. The van der Waals surface area contributed by atoms with Crippen molar-refractivity contribution in [3.05, 3.63) is 49.2 Å². The number of nitrogens with zero attached hydrogens (tertiary/aromatic N) is 5. The summed E-state index contributed by atoms with van der Waals surface area (Å²) in [6.07, 6.45) is 6.72. The van der Waals surface area contributed by atoms with Crippen molar-refractivity contribution in [2.45, 2.75) is 6.92 Å². The van der Waals surface area contributed by atoms with Crippen LogP contribution in [0.4, 0.5) is 11.5 Å². The maximum Gasteiger partial charge on any atom is 0.218 e. The SMILES string of the molecule is CCOc1cc(Nc2cnn(-c3ccccn3)c2)ncn1. The highest BCUT2D eigenvalue weighted by atomic mass is 16.5. The number of ether oxygens (including phenoxy) is 1. The van der Waals surface area contributed by atoms with Gasteiger partial charge in [0.05, 0.1) is 24.7 Å². The lowest BCUT2D eigenvalue weighted by Crippen LogP contribution is -1.98. The molecule has 0 saturated carbocycles. The number of aromatic nitrogens is 5. The zero-order valence-electron chi connectivity index (χ0n) is 11.5. The Balaban J connectivity index is 1.77. The lowest BCUT2D eigenvalue weighted by molar-refractivity contribution is 0.326. The Morgan fingerprint density at radius 2 is 2.19 bits per heavy atom. The molecule has 106 valence electrons. The molecule has 0 aromatic carbocycles. The summed E-state index contributed by atoms with van der Waals surface area (Å²) in [7, 11) is 0. The molecule has 0 aliphatic heterocycles. The third-order valence-corrected chi connectivity index (χ3v) is 2.67. The van der Waals surface area contributed by atoms with Gasteiger partial charge in [-0.3, -0.25) is 0 Å². The largest absolute Gasteiger partial charge is 0.478 e. The maximum absolute atomic E-state index is 5.34. The second-order valence-electron chi connectivity index (χ2n) is 4.16. The van der Waals surface area contributed by atoms with Crippen molar-refractivity contribution in [2.75, 3.05) is 11.9 Å². The van der Waals surface area contributed by atoms with Crippen molar-refractivity contribution < 1.29 is 4.74 Å². The molecule has 3 aromatic heterocycles. The third kappa shape index (κ3) is 3.14. The van der Waals surface area contributed by atoms with E-state index in [1.54, 1.807) is 23.1 Å². The molecule has 1 N–H and O–H groups in total. The van der Waals surface area contributed by atoms with E-state index in [2.05, 4.69) is 25.4 Å². The van der Waals surface area contributed by atoms with E-state index < -0.39 is 0 Å². The van der Waals surface area contributed by atoms with Gasteiger partial charge in [0.1, 0.15) is 12.1 Å². The van der Waals surface area contributed by atoms with Gasteiger partial charge in [0, 0.05) is 12.3 Å². The molecule has 0 unspecified atom stereocenters. The van der Waals surface area contributed by atoms with E-state index in [1.807, 2.05) is 31.3 Å². The van der Waals surface area contributed by atoms with Crippen LogP contribution in [0, 0.1) is 0 Å². The first-order valence-corrected chi connectivity index (χ1v) is 6.53. The lowest BCUT2D eigenvalue weighted by atomic mass is 10.4. The smallest absolute Gasteiger partial charge is 0.218 e. The standard InChI is InChI=1S/C14H14N6O/c1-2-21-14-7-12(16-10-17-14)19-11-8-18-20(9-11)13-5-3-4-6-15-13/h3-10H,2H2,1H3,(H,16,17,19). The fourth-order valence-electron chi connectivity index (χ4n) is 1.78. The molecule has 0 amide bonds. The first-order valence-electron chi connectivity index (χ1n) is 6.53. The van der Waals surface area contributed by atoms with Gasteiger partial charge in [-0.15, -0.1) is 0 Å². The van der Waals surface area contributed by atoms with Crippen molar-refractivity contribution in [1.29, 1.82) is 0 Å². The molecule has 3 aromatic rings. The predicted molar refractivity (Wildman–Crippen MR) is 77.8 cm³/mol. The summed E-state index contributed by atoms with van der Waals surface area (Å²) in [6.45, 7) is 2.47. The molecule has 0 saturated heterocycles. The average molecular weight is 282 g/mol. The molecule has 0 spiro atoms. The van der Waals surface area contributed by atoms with Crippen LogP contribution < -0.4 is 10.1 Å². The molecule has 3 rings (SSSR count).